The topological polar surface area (TPSA) is 79.0 Å². The highest BCUT2D eigenvalue weighted by atomic mass is 16.5. The molecule has 0 aromatic rings. The quantitative estimate of drug-likeness (QED) is 0.836. The number of piperidine rings is 1. The maximum atomic E-state index is 12.6. The molecule has 1 N–H and O–H groups in total. The van der Waals surface area contributed by atoms with Crippen LogP contribution >= 0.6 is 0 Å². The van der Waals surface area contributed by atoms with Crippen molar-refractivity contribution in [3.05, 3.63) is 0 Å². The van der Waals surface area contributed by atoms with Crippen LogP contribution in [0.3, 0.4) is 0 Å². The third-order valence-corrected chi connectivity index (χ3v) is 4.54. The highest BCUT2D eigenvalue weighted by Gasteiger charge is 2.38. The molecule has 130 valence electrons. The average Bonchev–Trinajstić information content (AvgIpc) is 2.89. The van der Waals surface area contributed by atoms with Gasteiger partial charge in [0.25, 0.3) is 0 Å². The van der Waals surface area contributed by atoms with Gasteiger partial charge in [-0.25, -0.2) is 4.79 Å². The molecule has 0 radical (unpaired) electrons. The maximum Gasteiger partial charge on any atom is 0.407 e. The van der Waals surface area contributed by atoms with E-state index >= 15 is 0 Å². The number of carbonyl (C=O) groups is 3. The van der Waals surface area contributed by atoms with Crippen LogP contribution in [0.4, 0.5) is 4.79 Å². The molecule has 0 aliphatic carbocycles. The highest BCUT2D eigenvalue weighted by molar-refractivity contribution is 5.89. The molecule has 2 fully saturated rings. The zero-order valence-electron chi connectivity index (χ0n) is 14.2. The van der Waals surface area contributed by atoms with Gasteiger partial charge < -0.3 is 19.9 Å². The monoisotopic (exact) mass is 325 g/mol. The van der Waals surface area contributed by atoms with E-state index in [-0.39, 0.29) is 29.8 Å². The van der Waals surface area contributed by atoms with Crippen LogP contribution in [0, 0.1) is 5.92 Å². The second-order valence-electron chi connectivity index (χ2n) is 6.51. The predicted octanol–water partition coefficient (Wildman–Crippen LogP) is 0.980. The summed E-state index contributed by atoms with van der Waals surface area (Å²) in [6, 6.07) is 0.190. The van der Waals surface area contributed by atoms with Gasteiger partial charge in [-0.15, -0.1) is 0 Å². The number of nitrogens with one attached hydrogen (secondary N) is 1. The van der Waals surface area contributed by atoms with Crippen molar-refractivity contribution in [2.24, 2.45) is 5.92 Å². The first-order chi connectivity index (χ1) is 10.9. The van der Waals surface area contributed by atoms with E-state index in [1.807, 2.05) is 18.7 Å². The Morgan fingerprint density at radius 3 is 2.48 bits per heavy atom. The van der Waals surface area contributed by atoms with Gasteiger partial charge in [0.1, 0.15) is 0 Å². The van der Waals surface area contributed by atoms with Gasteiger partial charge in [0.05, 0.1) is 12.5 Å². The van der Waals surface area contributed by atoms with Gasteiger partial charge >= 0.3 is 6.09 Å². The zero-order chi connectivity index (χ0) is 17.0. The van der Waals surface area contributed by atoms with Gasteiger partial charge in [0.2, 0.25) is 11.8 Å². The molecule has 2 aliphatic rings. The first kappa shape index (κ1) is 17.6. The number of nitrogens with zero attached hydrogens (tertiary/aromatic N) is 2. The smallest absolute Gasteiger partial charge is 0.407 e. The number of rotatable bonds is 4. The SMILES string of the molecule is CCOC(=O)NC1CCN(C(=O)C2CC(=O)N(C(C)C)C2)CC1. The molecule has 0 aromatic heterocycles. The van der Waals surface area contributed by atoms with Crippen molar-refractivity contribution in [1.82, 2.24) is 15.1 Å². The summed E-state index contributed by atoms with van der Waals surface area (Å²) >= 11 is 0. The molecule has 0 aromatic carbocycles. The van der Waals surface area contributed by atoms with Crippen molar-refractivity contribution in [3.63, 3.8) is 0 Å². The molecule has 0 bridgehead atoms. The van der Waals surface area contributed by atoms with Crippen LogP contribution < -0.4 is 5.32 Å². The summed E-state index contributed by atoms with van der Waals surface area (Å²) in [5, 5.41) is 2.82. The van der Waals surface area contributed by atoms with Gasteiger partial charge in [-0.3, -0.25) is 9.59 Å². The molecular formula is C16H27N3O4. The molecule has 3 amide bonds. The Hall–Kier alpha value is -1.79. The molecule has 7 nitrogen and oxygen atoms in total. The number of likely N-dealkylation sites (tertiary alicyclic amines) is 2. The van der Waals surface area contributed by atoms with E-state index in [9.17, 15) is 14.4 Å². The van der Waals surface area contributed by atoms with E-state index < -0.39 is 6.09 Å². The Balaban J connectivity index is 1.80. The Labute approximate surface area is 137 Å². The third-order valence-electron chi connectivity index (χ3n) is 4.54. The largest absolute Gasteiger partial charge is 0.450 e. The minimum absolute atomic E-state index is 0.0514. The lowest BCUT2D eigenvalue weighted by atomic mass is 10.0. The lowest BCUT2D eigenvalue weighted by Gasteiger charge is -2.33. The first-order valence-corrected chi connectivity index (χ1v) is 8.43. The maximum absolute atomic E-state index is 12.6. The number of amides is 3. The van der Waals surface area contributed by atoms with Crippen molar-refractivity contribution in [2.75, 3.05) is 26.2 Å². The van der Waals surface area contributed by atoms with E-state index in [0.717, 1.165) is 12.8 Å². The minimum atomic E-state index is -0.397. The van der Waals surface area contributed by atoms with Crippen LogP contribution in [0.1, 0.15) is 40.0 Å². The molecular weight excluding hydrogens is 298 g/mol. The van der Waals surface area contributed by atoms with Crippen molar-refractivity contribution in [2.45, 2.75) is 52.1 Å². The molecule has 1 unspecified atom stereocenters. The Kier molecular flexibility index (Phi) is 5.85. The lowest BCUT2D eigenvalue weighted by molar-refractivity contribution is -0.136. The van der Waals surface area contributed by atoms with Crippen molar-refractivity contribution < 1.29 is 19.1 Å². The summed E-state index contributed by atoms with van der Waals surface area (Å²) in [4.78, 5) is 39.5. The number of hydrogen-bond acceptors (Lipinski definition) is 4. The lowest BCUT2D eigenvalue weighted by Crippen LogP contribution is -2.48. The third kappa shape index (κ3) is 4.36. The standard InChI is InChI=1S/C16H27N3O4/c1-4-23-16(22)17-13-5-7-18(8-6-13)15(21)12-9-14(20)19(10-12)11(2)3/h11-13H,4-10H2,1-3H3,(H,17,22). The van der Waals surface area contributed by atoms with Crippen LogP contribution in [0.2, 0.25) is 0 Å². The molecule has 2 aliphatic heterocycles. The fraction of sp³-hybridized carbons (Fsp3) is 0.812. The zero-order valence-corrected chi connectivity index (χ0v) is 14.2. The molecule has 0 saturated carbocycles. The fourth-order valence-corrected chi connectivity index (χ4v) is 3.24. The summed E-state index contributed by atoms with van der Waals surface area (Å²) < 4.78 is 4.87. The summed E-state index contributed by atoms with van der Waals surface area (Å²) in [5.74, 6) is -0.0900. The first-order valence-electron chi connectivity index (χ1n) is 8.43. The van der Waals surface area contributed by atoms with Crippen LogP contribution in [0.5, 0.6) is 0 Å². The van der Waals surface area contributed by atoms with Gasteiger partial charge in [-0.1, -0.05) is 0 Å². The summed E-state index contributed by atoms with van der Waals surface area (Å²) in [6.45, 7) is 7.81. The molecule has 2 heterocycles. The number of alkyl carbamates (subject to hydrolysis) is 1. The van der Waals surface area contributed by atoms with Crippen molar-refractivity contribution in [3.8, 4) is 0 Å². The minimum Gasteiger partial charge on any atom is -0.450 e. The average molecular weight is 325 g/mol. The fourth-order valence-electron chi connectivity index (χ4n) is 3.24. The number of ether oxygens (including phenoxy) is 1. The van der Waals surface area contributed by atoms with Gasteiger partial charge in [0.15, 0.2) is 0 Å². The summed E-state index contributed by atoms with van der Waals surface area (Å²) in [6.07, 6.45) is 1.36. The second kappa shape index (κ2) is 7.66. The highest BCUT2D eigenvalue weighted by Crippen LogP contribution is 2.23. The molecule has 23 heavy (non-hydrogen) atoms. The Bertz CT molecular complexity index is 458. The normalized spacial score (nSPS) is 22.6. The summed E-state index contributed by atoms with van der Waals surface area (Å²) in [7, 11) is 0. The van der Waals surface area contributed by atoms with Gasteiger partial charge in [0, 0.05) is 38.1 Å². The van der Waals surface area contributed by atoms with Crippen LogP contribution in [0.15, 0.2) is 0 Å². The van der Waals surface area contributed by atoms with Crippen LogP contribution in [-0.4, -0.2) is 66.0 Å². The second-order valence-corrected chi connectivity index (χ2v) is 6.51. The van der Waals surface area contributed by atoms with E-state index in [2.05, 4.69) is 5.32 Å². The molecule has 1 atom stereocenters. The van der Waals surface area contributed by atoms with Gasteiger partial charge in [-0.2, -0.15) is 0 Å². The molecule has 2 saturated heterocycles. The number of hydrogen-bond donors (Lipinski definition) is 1. The van der Waals surface area contributed by atoms with E-state index in [4.69, 9.17) is 4.74 Å². The van der Waals surface area contributed by atoms with E-state index in [0.29, 0.717) is 32.7 Å². The van der Waals surface area contributed by atoms with Crippen molar-refractivity contribution >= 4 is 17.9 Å². The van der Waals surface area contributed by atoms with Crippen LogP contribution in [-0.2, 0) is 14.3 Å². The predicted molar refractivity (Wildman–Crippen MR) is 84.7 cm³/mol. The van der Waals surface area contributed by atoms with Crippen molar-refractivity contribution in [1.29, 1.82) is 0 Å². The molecule has 7 heteroatoms. The Morgan fingerprint density at radius 1 is 1.30 bits per heavy atom. The molecule has 0 spiro atoms. The Morgan fingerprint density at radius 2 is 1.96 bits per heavy atom. The van der Waals surface area contributed by atoms with E-state index in [1.54, 1.807) is 11.8 Å². The summed E-state index contributed by atoms with van der Waals surface area (Å²) in [5.41, 5.74) is 0. The number of carbonyl (C=O) groups excluding carboxylic acids is 3. The van der Waals surface area contributed by atoms with Crippen LogP contribution in [0.25, 0.3) is 0 Å². The molecule has 2 rings (SSSR count). The van der Waals surface area contributed by atoms with Gasteiger partial charge in [-0.05, 0) is 33.6 Å². The van der Waals surface area contributed by atoms with E-state index in [1.165, 1.54) is 0 Å².